The standard InChI is InChI=1S/C16H25N3O2/c1-18-9-3-4-14(18)15(20)19-12-16(5-7-17-8-6-16)10-13(19)11-21-2/h3-4,9,13,17H,5-8,10-12H2,1-2H3/t13-/m1/s1. The van der Waals surface area contributed by atoms with Gasteiger partial charge in [-0.15, -0.1) is 0 Å². The summed E-state index contributed by atoms with van der Waals surface area (Å²) in [5, 5.41) is 3.42. The molecule has 1 N–H and O–H groups in total. The molecule has 2 aliphatic heterocycles. The summed E-state index contributed by atoms with van der Waals surface area (Å²) >= 11 is 0. The highest BCUT2D eigenvalue weighted by Crippen LogP contribution is 2.42. The molecule has 1 aromatic rings. The van der Waals surface area contributed by atoms with Crippen molar-refractivity contribution >= 4 is 5.91 Å². The number of aryl methyl sites for hydroxylation is 1. The van der Waals surface area contributed by atoms with Crippen molar-refractivity contribution in [2.45, 2.75) is 25.3 Å². The fourth-order valence-electron chi connectivity index (χ4n) is 3.89. The van der Waals surface area contributed by atoms with Crippen LogP contribution in [0.4, 0.5) is 0 Å². The smallest absolute Gasteiger partial charge is 0.270 e. The van der Waals surface area contributed by atoms with Gasteiger partial charge in [-0.1, -0.05) is 0 Å². The number of aromatic nitrogens is 1. The van der Waals surface area contributed by atoms with Gasteiger partial charge in [0, 0.05) is 26.9 Å². The number of amides is 1. The molecule has 1 spiro atoms. The Morgan fingerprint density at radius 3 is 2.86 bits per heavy atom. The monoisotopic (exact) mass is 291 g/mol. The Balaban J connectivity index is 1.81. The molecule has 1 atom stereocenters. The van der Waals surface area contributed by atoms with E-state index >= 15 is 0 Å². The van der Waals surface area contributed by atoms with E-state index in [1.807, 2.05) is 34.8 Å². The average molecular weight is 291 g/mol. The lowest BCUT2D eigenvalue weighted by Gasteiger charge is -2.33. The van der Waals surface area contributed by atoms with Crippen molar-refractivity contribution in [1.29, 1.82) is 0 Å². The van der Waals surface area contributed by atoms with Gasteiger partial charge in [-0.25, -0.2) is 0 Å². The third-order valence-electron chi connectivity index (χ3n) is 5.06. The van der Waals surface area contributed by atoms with Crippen molar-refractivity contribution in [3.63, 3.8) is 0 Å². The summed E-state index contributed by atoms with van der Waals surface area (Å²) in [6, 6.07) is 4.03. The van der Waals surface area contributed by atoms with Crippen molar-refractivity contribution in [1.82, 2.24) is 14.8 Å². The molecular weight excluding hydrogens is 266 g/mol. The van der Waals surface area contributed by atoms with Gasteiger partial charge in [-0.2, -0.15) is 0 Å². The van der Waals surface area contributed by atoms with Crippen LogP contribution in [0.25, 0.3) is 0 Å². The number of hydrogen-bond acceptors (Lipinski definition) is 3. The number of methoxy groups -OCH3 is 1. The maximum Gasteiger partial charge on any atom is 0.270 e. The van der Waals surface area contributed by atoms with E-state index in [-0.39, 0.29) is 17.4 Å². The molecule has 116 valence electrons. The van der Waals surface area contributed by atoms with Crippen LogP contribution in [-0.4, -0.2) is 54.8 Å². The zero-order valence-electron chi connectivity index (χ0n) is 13.0. The van der Waals surface area contributed by atoms with Crippen molar-refractivity contribution in [2.75, 3.05) is 33.4 Å². The van der Waals surface area contributed by atoms with Crippen LogP contribution in [0.2, 0.25) is 0 Å². The van der Waals surface area contributed by atoms with Gasteiger partial charge in [0.05, 0.1) is 12.6 Å². The molecule has 0 radical (unpaired) electrons. The number of hydrogen-bond donors (Lipinski definition) is 1. The number of carbonyl (C=O) groups excluding carboxylic acids is 1. The Hall–Kier alpha value is -1.33. The summed E-state index contributed by atoms with van der Waals surface area (Å²) in [4.78, 5) is 14.9. The number of carbonyl (C=O) groups is 1. The van der Waals surface area contributed by atoms with E-state index in [1.165, 1.54) is 0 Å². The Morgan fingerprint density at radius 1 is 1.48 bits per heavy atom. The first-order chi connectivity index (χ1) is 10.2. The molecule has 5 heteroatoms. The molecule has 0 bridgehead atoms. The zero-order chi connectivity index (χ0) is 14.9. The first kappa shape index (κ1) is 14.6. The number of ether oxygens (including phenoxy) is 1. The van der Waals surface area contributed by atoms with Gasteiger partial charge < -0.3 is 19.5 Å². The minimum atomic E-state index is 0.139. The van der Waals surface area contributed by atoms with Crippen molar-refractivity contribution in [2.24, 2.45) is 12.5 Å². The van der Waals surface area contributed by atoms with E-state index in [0.717, 1.165) is 44.6 Å². The molecular formula is C16H25N3O2. The van der Waals surface area contributed by atoms with Crippen LogP contribution in [0.5, 0.6) is 0 Å². The zero-order valence-corrected chi connectivity index (χ0v) is 13.0. The molecule has 5 nitrogen and oxygen atoms in total. The molecule has 2 aliphatic rings. The number of nitrogens with zero attached hydrogens (tertiary/aromatic N) is 2. The van der Waals surface area contributed by atoms with Crippen LogP contribution in [0.1, 0.15) is 29.8 Å². The van der Waals surface area contributed by atoms with Gasteiger partial charge in [0.25, 0.3) is 5.91 Å². The number of piperidine rings is 1. The maximum absolute atomic E-state index is 12.9. The fourth-order valence-corrected chi connectivity index (χ4v) is 3.89. The van der Waals surface area contributed by atoms with Crippen LogP contribution < -0.4 is 5.32 Å². The molecule has 0 aliphatic carbocycles. The molecule has 0 aromatic carbocycles. The third kappa shape index (κ3) is 2.72. The first-order valence-corrected chi connectivity index (χ1v) is 7.77. The van der Waals surface area contributed by atoms with Crippen molar-refractivity contribution in [3.05, 3.63) is 24.0 Å². The van der Waals surface area contributed by atoms with Crippen LogP contribution in [-0.2, 0) is 11.8 Å². The second kappa shape index (κ2) is 5.81. The van der Waals surface area contributed by atoms with Crippen LogP contribution in [0.3, 0.4) is 0 Å². The minimum Gasteiger partial charge on any atom is -0.383 e. The van der Waals surface area contributed by atoms with E-state index in [9.17, 15) is 4.79 Å². The predicted octanol–water partition coefficient (Wildman–Crippen LogP) is 1.26. The van der Waals surface area contributed by atoms with E-state index in [0.29, 0.717) is 6.61 Å². The van der Waals surface area contributed by atoms with Crippen molar-refractivity contribution in [3.8, 4) is 0 Å². The second-order valence-corrected chi connectivity index (χ2v) is 6.50. The molecule has 1 aromatic heterocycles. The summed E-state index contributed by atoms with van der Waals surface area (Å²) in [6.07, 6.45) is 5.31. The van der Waals surface area contributed by atoms with E-state index in [4.69, 9.17) is 4.74 Å². The molecule has 3 heterocycles. The van der Waals surface area contributed by atoms with Crippen LogP contribution in [0.15, 0.2) is 18.3 Å². The molecule has 3 rings (SSSR count). The lowest BCUT2D eigenvalue weighted by atomic mass is 9.77. The highest BCUT2D eigenvalue weighted by Gasteiger charge is 2.46. The molecule has 0 saturated carbocycles. The van der Waals surface area contributed by atoms with Crippen LogP contribution in [0, 0.1) is 5.41 Å². The molecule has 1 amide bonds. The van der Waals surface area contributed by atoms with Crippen molar-refractivity contribution < 1.29 is 9.53 Å². The number of nitrogens with one attached hydrogen (secondary N) is 1. The molecule has 21 heavy (non-hydrogen) atoms. The van der Waals surface area contributed by atoms with E-state index in [2.05, 4.69) is 5.32 Å². The third-order valence-corrected chi connectivity index (χ3v) is 5.06. The van der Waals surface area contributed by atoms with Gasteiger partial charge in [0.2, 0.25) is 0 Å². The Morgan fingerprint density at radius 2 is 2.24 bits per heavy atom. The number of likely N-dealkylation sites (tertiary alicyclic amines) is 1. The van der Waals surface area contributed by atoms with E-state index < -0.39 is 0 Å². The second-order valence-electron chi connectivity index (χ2n) is 6.50. The van der Waals surface area contributed by atoms with E-state index in [1.54, 1.807) is 7.11 Å². The lowest BCUT2D eigenvalue weighted by Crippen LogP contribution is -2.41. The Labute approximate surface area is 126 Å². The molecule has 0 unspecified atom stereocenters. The summed E-state index contributed by atoms with van der Waals surface area (Å²) < 4.78 is 7.27. The van der Waals surface area contributed by atoms with Crippen LogP contribution >= 0.6 is 0 Å². The van der Waals surface area contributed by atoms with Gasteiger partial charge in [-0.05, 0) is 49.9 Å². The molecule has 2 saturated heterocycles. The normalized spacial score (nSPS) is 24.7. The quantitative estimate of drug-likeness (QED) is 0.912. The highest BCUT2D eigenvalue weighted by atomic mass is 16.5. The number of rotatable bonds is 3. The fraction of sp³-hybridized carbons (Fsp3) is 0.688. The van der Waals surface area contributed by atoms with Gasteiger partial charge in [0.15, 0.2) is 0 Å². The first-order valence-electron chi connectivity index (χ1n) is 7.77. The summed E-state index contributed by atoms with van der Waals surface area (Å²) in [5.74, 6) is 0.139. The summed E-state index contributed by atoms with van der Waals surface area (Å²) in [6.45, 7) is 3.62. The van der Waals surface area contributed by atoms with Gasteiger partial charge >= 0.3 is 0 Å². The average Bonchev–Trinajstić information content (AvgIpc) is 3.04. The predicted molar refractivity (Wildman–Crippen MR) is 81.3 cm³/mol. The highest BCUT2D eigenvalue weighted by molar-refractivity contribution is 5.93. The molecule has 2 fully saturated rings. The SMILES string of the molecule is COC[C@H]1CC2(CCNCC2)CN1C(=O)c1cccn1C. The summed E-state index contributed by atoms with van der Waals surface area (Å²) in [5.41, 5.74) is 1.05. The lowest BCUT2D eigenvalue weighted by molar-refractivity contribution is 0.0612. The largest absolute Gasteiger partial charge is 0.383 e. The minimum absolute atomic E-state index is 0.139. The van der Waals surface area contributed by atoms with Gasteiger partial charge in [0.1, 0.15) is 5.69 Å². The summed E-state index contributed by atoms with van der Waals surface area (Å²) in [7, 11) is 3.65. The Kier molecular flexibility index (Phi) is 4.04. The Bertz CT molecular complexity index is 505. The topological polar surface area (TPSA) is 46.5 Å². The maximum atomic E-state index is 12.9. The van der Waals surface area contributed by atoms with Gasteiger partial charge in [-0.3, -0.25) is 4.79 Å².